The Kier molecular flexibility index (Phi) is 3.50. The van der Waals surface area contributed by atoms with Crippen LogP contribution in [0.3, 0.4) is 0 Å². The summed E-state index contributed by atoms with van der Waals surface area (Å²) in [5, 5.41) is 15.2. The van der Waals surface area contributed by atoms with Gasteiger partial charge in [-0.05, 0) is 31.0 Å². The smallest absolute Gasteiger partial charge is 0.278 e. The Bertz CT molecular complexity index is 636. The van der Waals surface area contributed by atoms with E-state index in [0.29, 0.717) is 16.9 Å². The van der Waals surface area contributed by atoms with E-state index in [9.17, 15) is 10.1 Å². The molecule has 2 aromatic rings. The van der Waals surface area contributed by atoms with Gasteiger partial charge in [0.1, 0.15) is 5.52 Å². The van der Waals surface area contributed by atoms with Crippen LogP contribution in [0.1, 0.15) is 32.1 Å². The lowest BCUT2D eigenvalue weighted by Gasteiger charge is -2.24. The number of nitrogens with zero attached hydrogens (tertiary/aromatic N) is 2. The Labute approximate surface area is 117 Å². The summed E-state index contributed by atoms with van der Waals surface area (Å²) in [6.07, 6.45) is 7.79. The van der Waals surface area contributed by atoms with Gasteiger partial charge in [-0.3, -0.25) is 15.1 Å². The summed E-state index contributed by atoms with van der Waals surface area (Å²) in [7, 11) is 0. The molecule has 0 spiro atoms. The molecular weight excluding hydrogens is 254 g/mol. The first-order valence-corrected chi connectivity index (χ1v) is 7.04. The third-order valence-electron chi connectivity index (χ3n) is 3.91. The molecule has 0 atom stereocenters. The van der Waals surface area contributed by atoms with Crippen LogP contribution in [-0.4, -0.2) is 15.9 Å². The van der Waals surface area contributed by atoms with Gasteiger partial charge in [-0.2, -0.15) is 0 Å². The molecule has 1 aromatic carbocycles. The van der Waals surface area contributed by atoms with Crippen molar-refractivity contribution < 1.29 is 4.92 Å². The van der Waals surface area contributed by atoms with Gasteiger partial charge in [-0.15, -0.1) is 0 Å². The number of nitrogens with one attached hydrogen (secondary N) is 1. The Balaban J connectivity index is 1.99. The number of rotatable bonds is 3. The Morgan fingerprint density at radius 3 is 2.75 bits per heavy atom. The van der Waals surface area contributed by atoms with E-state index in [1.807, 2.05) is 0 Å². The highest BCUT2D eigenvalue weighted by Gasteiger charge is 2.18. The summed E-state index contributed by atoms with van der Waals surface area (Å²) in [5.74, 6) is 0. The van der Waals surface area contributed by atoms with Gasteiger partial charge in [0.25, 0.3) is 5.69 Å². The first kappa shape index (κ1) is 12.8. The number of anilines is 1. The number of benzene rings is 1. The van der Waals surface area contributed by atoms with Crippen molar-refractivity contribution in [2.75, 3.05) is 5.32 Å². The van der Waals surface area contributed by atoms with Crippen LogP contribution < -0.4 is 5.32 Å². The van der Waals surface area contributed by atoms with Crippen molar-refractivity contribution in [1.82, 2.24) is 4.98 Å². The lowest BCUT2D eigenvalue weighted by Crippen LogP contribution is -2.22. The van der Waals surface area contributed by atoms with Gasteiger partial charge in [-0.1, -0.05) is 19.3 Å². The number of nitro benzene ring substituents is 1. The molecule has 1 saturated carbocycles. The van der Waals surface area contributed by atoms with Crippen LogP contribution in [0.5, 0.6) is 0 Å². The van der Waals surface area contributed by atoms with Crippen molar-refractivity contribution in [3.8, 4) is 0 Å². The molecule has 1 aliphatic carbocycles. The lowest BCUT2D eigenvalue weighted by atomic mass is 9.95. The van der Waals surface area contributed by atoms with Crippen molar-refractivity contribution in [1.29, 1.82) is 0 Å². The fourth-order valence-corrected chi connectivity index (χ4v) is 2.90. The zero-order chi connectivity index (χ0) is 13.9. The molecule has 104 valence electrons. The topological polar surface area (TPSA) is 68.1 Å². The molecule has 5 heteroatoms. The molecular formula is C15H17N3O2. The quantitative estimate of drug-likeness (QED) is 0.679. The van der Waals surface area contributed by atoms with Crippen LogP contribution in [0.2, 0.25) is 0 Å². The minimum atomic E-state index is -0.353. The highest BCUT2D eigenvalue weighted by Crippen LogP contribution is 2.31. The SMILES string of the molecule is O=[N+]([O-])c1ccc(NC2CCCCC2)c2ncccc12. The number of pyridine rings is 1. The largest absolute Gasteiger partial charge is 0.381 e. The molecule has 5 nitrogen and oxygen atoms in total. The van der Waals surface area contributed by atoms with E-state index in [0.717, 1.165) is 18.5 Å². The minimum absolute atomic E-state index is 0.113. The Morgan fingerprint density at radius 1 is 1.20 bits per heavy atom. The molecule has 1 fully saturated rings. The molecule has 1 aromatic heterocycles. The fraction of sp³-hybridized carbons (Fsp3) is 0.400. The Morgan fingerprint density at radius 2 is 2.00 bits per heavy atom. The molecule has 1 aliphatic rings. The van der Waals surface area contributed by atoms with Gasteiger partial charge in [0, 0.05) is 18.3 Å². The van der Waals surface area contributed by atoms with Crippen molar-refractivity contribution in [3.05, 3.63) is 40.6 Å². The predicted octanol–water partition coefficient (Wildman–Crippen LogP) is 3.89. The molecule has 0 unspecified atom stereocenters. The van der Waals surface area contributed by atoms with Crippen LogP contribution in [0.15, 0.2) is 30.5 Å². The third-order valence-corrected chi connectivity index (χ3v) is 3.91. The van der Waals surface area contributed by atoms with Crippen LogP contribution >= 0.6 is 0 Å². The van der Waals surface area contributed by atoms with Crippen LogP contribution in [-0.2, 0) is 0 Å². The number of nitro groups is 1. The molecule has 0 radical (unpaired) electrons. The maximum absolute atomic E-state index is 11.1. The Hall–Kier alpha value is -2.17. The fourth-order valence-electron chi connectivity index (χ4n) is 2.90. The second kappa shape index (κ2) is 5.45. The van der Waals surface area contributed by atoms with Gasteiger partial charge in [-0.25, -0.2) is 0 Å². The van der Waals surface area contributed by atoms with Crippen LogP contribution in [0.25, 0.3) is 10.9 Å². The van der Waals surface area contributed by atoms with Crippen molar-refractivity contribution in [2.24, 2.45) is 0 Å². The molecule has 0 saturated heterocycles. The molecule has 0 bridgehead atoms. The monoisotopic (exact) mass is 271 g/mol. The van der Waals surface area contributed by atoms with Crippen molar-refractivity contribution in [3.63, 3.8) is 0 Å². The van der Waals surface area contributed by atoms with E-state index < -0.39 is 0 Å². The van der Waals surface area contributed by atoms with Crippen LogP contribution in [0, 0.1) is 10.1 Å². The van der Waals surface area contributed by atoms with E-state index in [1.54, 1.807) is 30.5 Å². The lowest BCUT2D eigenvalue weighted by molar-refractivity contribution is -0.383. The second-order valence-corrected chi connectivity index (χ2v) is 5.27. The highest BCUT2D eigenvalue weighted by atomic mass is 16.6. The van der Waals surface area contributed by atoms with Gasteiger partial charge in [0.05, 0.1) is 16.0 Å². The third kappa shape index (κ3) is 2.43. The summed E-state index contributed by atoms with van der Waals surface area (Å²) < 4.78 is 0. The molecule has 1 N–H and O–H groups in total. The summed E-state index contributed by atoms with van der Waals surface area (Å²) in [6, 6.07) is 7.29. The number of hydrogen-bond acceptors (Lipinski definition) is 4. The molecule has 3 rings (SSSR count). The maximum atomic E-state index is 11.1. The van der Waals surface area contributed by atoms with Gasteiger partial charge < -0.3 is 5.32 Å². The van der Waals surface area contributed by atoms with Crippen molar-refractivity contribution in [2.45, 2.75) is 38.1 Å². The molecule has 0 aliphatic heterocycles. The number of fused-ring (bicyclic) bond motifs is 1. The van der Waals surface area contributed by atoms with Gasteiger partial charge in [0.2, 0.25) is 0 Å². The van der Waals surface area contributed by atoms with E-state index in [1.165, 1.54) is 19.3 Å². The predicted molar refractivity (Wildman–Crippen MR) is 78.9 cm³/mol. The molecule has 1 heterocycles. The van der Waals surface area contributed by atoms with E-state index in [2.05, 4.69) is 10.3 Å². The zero-order valence-corrected chi connectivity index (χ0v) is 11.2. The van der Waals surface area contributed by atoms with Crippen molar-refractivity contribution >= 4 is 22.3 Å². The maximum Gasteiger partial charge on any atom is 0.278 e. The van der Waals surface area contributed by atoms with E-state index in [4.69, 9.17) is 0 Å². The summed E-state index contributed by atoms with van der Waals surface area (Å²) >= 11 is 0. The zero-order valence-electron chi connectivity index (χ0n) is 11.2. The summed E-state index contributed by atoms with van der Waals surface area (Å²) in [5.41, 5.74) is 1.70. The number of non-ortho nitro benzene ring substituents is 1. The normalized spacial score (nSPS) is 16.2. The average molecular weight is 271 g/mol. The molecule has 0 amide bonds. The van der Waals surface area contributed by atoms with Gasteiger partial charge in [0.15, 0.2) is 0 Å². The van der Waals surface area contributed by atoms with E-state index in [-0.39, 0.29) is 10.6 Å². The second-order valence-electron chi connectivity index (χ2n) is 5.27. The first-order chi connectivity index (χ1) is 9.75. The van der Waals surface area contributed by atoms with Gasteiger partial charge >= 0.3 is 0 Å². The minimum Gasteiger partial charge on any atom is -0.381 e. The standard InChI is InChI=1S/C15H17N3O2/c19-18(20)14-9-8-13(15-12(14)7-4-10-16-15)17-11-5-2-1-3-6-11/h4,7-11,17H,1-3,5-6H2. The van der Waals surface area contributed by atoms with E-state index >= 15 is 0 Å². The first-order valence-electron chi connectivity index (χ1n) is 7.04. The highest BCUT2D eigenvalue weighted by molar-refractivity contribution is 5.96. The van der Waals surface area contributed by atoms with Crippen LogP contribution in [0.4, 0.5) is 11.4 Å². The number of aromatic nitrogens is 1. The molecule has 20 heavy (non-hydrogen) atoms. The summed E-state index contributed by atoms with van der Waals surface area (Å²) in [4.78, 5) is 15.0. The summed E-state index contributed by atoms with van der Waals surface area (Å²) in [6.45, 7) is 0. The average Bonchev–Trinajstić information content (AvgIpc) is 2.48. The number of hydrogen-bond donors (Lipinski definition) is 1.